The number of aryl methyl sites for hydroxylation is 1. The van der Waals surface area contributed by atoms with Crippen molar-refractivity contribution in [3.05, 3.63) is 79.9 Å². The molecule has 0 fully saturated rings. The van der Waals surface area contributed by atoms with E-state index in [0.29, 0.717) is 11.1 Å². The highest BCUT2D eigenvalue weighted by Crippen LogP contribution is 2.25. The van der Waals surface area contributed by atoms with Gasteiger partial charge in [-0.3, -0.25) is 25.0 Å². The normalized spacial score (nSPS) is 10.5. The van der Waals surface area contributed by atoms with Gasteiger partial charge in [0, 0.05) is 24.3 Å². The van der Waals surface area contributed by atoms with Crippen molar-refractivity contribution in [1.82, 2.24) is 0 Å². The number of nitro groups is 2. The fourth-order valence-corrected chi connectivity index (χ4v) is 1.99. The molecule has 2 aromatic rings. The number of amides is 1. The van der Waals surface area contributed by atoms with E-state index in [2.05, 4.69) is 5.32 Å². The fourth-order valence-electron chi connectivity index (χ4n) is 1.99. The third kappa shape index (κ3) is 4.23. The Morgan fingerprint density at radius 2 is 1.83 bits per heavy atom. The summed E-state index contributed by atoms with van der Waals surface area (Å²) in [5.41, 5.74) is 0.961. The van der Waals surface area contributed by atoms with Crippen molar-refractivity contribution in [2.45, 2.75) is 6.92 Å². The molecule has 2 aromatic carbocycles. The highest BCUT2D eigenvalue weighted by atomic mass is 16.6. The average molecular weight is 327 g/mol. The van der Waals surface area contributed by atoms with Crippen molar-refractivity contribution in [3.8, 4) is 0 Å². The number of hydrogen-bond acceptors (Lipinski definition) is 5. The lowest BCUT2D eigenvalue weighted by atomic mass is 10.2. The van der Waals surface area contributed by atoms with Crippen molar-refractivity contribution < 1.29 is 14.6 Å². The molecule has 0 heterocycles. The predicted molar refractivity (Wildman–Crippen MR) is 88.6 cm³/mol. The minimum absolute atomic E-state index is 0.0827. The Morgan fingerprint density at radius 3 is 2.50 bits per heavy atom. The second kappa shape index (κ2) is 7.14. The van der Waals surface area contributed by atoms with E-state index in [0.717, 1.165) is 6.08 Å². The van der Waals surface area contributed by atoms with Crippen LogP contribution in [0.15, 0.2) is 48.5 Å². The number of carbonyl (C=O) groups is 1. The van der Waals surface area contributed by atoms with Crippen LogP contribution in [0.5, 0.6) is 0 Å². The first-order valence-corrected chi connectivity index (χ1v) is 6.85. The van der Waals surface area contributed by atoms with Crippen molar-refractivity contribution in [2.75, 3.05) is 5.32 Å². The quantitative estimate of drug-likeness (QED) is 0.513. The number of nitrogens with one attached hydrogen (secondary N) is 1. The molecule has 8 nitrogen and oxygen atoms in total. The molecule has 0 radical (unpaired) electrons. The van der Waals surface area contributed by atoms with Crippen LogP contribution in [0, 0.1) is 27.2 Å². The fraction of sp³-hybridized carbons (Fsp3) is 0.0625. The van der Waals surface area contributed by atoms with Crippen LogP contribution in [0.2, 0.25) is 0 Å². The summed E-state index contributed by atoms with van der Waals surface area (Å²) in [5.74, 6) is -0.576. The van der Waals surface area contributed by atoms with E-state index in [-0.39, 0.29) is 17.1 Å². The zero-order valence-corrected chi connectivity index (χ0v) is 12.6. The molecule has 0 spiro atoms. The molecule has 24 heavy (non-hydrogen) atoms. The van der Waals surface area contributed by atoms with Crippen molar-refractivity contribution >= 4 is 29.0 Å². The van der Waals surface area contributed by atoms with Gasteiger partial charge in [-0.2, -0.15) is 0 Å². The maximum atomic E-state index is 11.9. The van der Waals surface area contributed by atoms with E-state index in [1.807, 2.05) is 0 Å². The zero-order valence-electron chi connectivity index (χ0n) is 12.6. The first-order valence-electron chi connectivity index (χ1n) is 6.85. The van der Waals surface area contributed by atoms with Gasteiger partial charge in [-0.1, -0.05) is 18.2 Å². The van der Waals surface area contributed by atoms with Gasteiger partial charge in [0.1, 0.15) is 5.69 Å². The Morgan fingerprint density at radius 1 is 1.08 bits per heavy atom. The summed E-state index contributed by atoms with van der Waals surface area (Å²) < 4.78 is 0. The lowest BCUT2D eigenvalue weighted by Gasteiger charge is -2.04. The van der Waals surface area contributed by atoms with E-state index in [1.165, 1.54) is 36.4 Å². The minimum atomic E-state index is -0.577. The Balaban J connectivity index is 2.15. The van der Waals surface area contributed by atoms with Crippen LogP contribution in [-0.4, -0.2) is 15.8 Å². The summed E-state index contributed by atoms with van der Waals surface area (Å²) in [7, 11) is 0. The van der Waals surface area contributed by atoms with Crippen molar-refractivity contribution in [2.24, 2.45) is 0 Å². The van der Waals surface area contributed by atoms with Gasteiger partial charge in [-0.05, 0) is 30.2 Å². The number of hydrogen-bond donors (Lipinski definition) is 1. The van der Waals surface area contributed by atoms with Crippen LogP contribution >= 0.6 is 0 Å². The Hall–Kier alpha value is -3.55. The Bertz CT molecular complexity index is 845. The first-order chi connectivity index (χ1) is 11.4. The number of carbonyl (C=O) groups excluding carboxylic acids is 1. The molecule has 0 aromatic heterocycles. The number of benzene rings is 2. The van der Waals surface area contributed by atoms with Crippen LogP contribution in [0.1, 0.15) is 11.1 Å². The molecule has 0 atom stereocenters. The zero-order chi connectivity index (χ0) is 17.7. The molecule has 1 amide bonds. The molecule has 0 aliphatic heterocycles. The summed E-state index contributed by atoms with van der Waals surface area (Å²) >= 11 is 0. The topological polar surface area (TPSA) is 115 Å². The van der Waals surface area contributed by atoms with Crippen LogP contribution in [0.3, 0.4) is 0 Å². The molecule has 2 rings (SSSR count). The van der Waals surface area contributed by atoms with E-state index in [9.17, 15) is 25.0 Å². The molecule has 8 heteroatoms. The van der Waals surface area contributed by atoms with E-state index in [4.69, 9.17) is 0 Å². The van der Waals surface area contributed by atoms with Gasteiger partial charge in [0.05, 0.1) is 9.85 Å². The van der Waals surface area contributed by atoms with Gasteiger partial charge in [-0.15, -0.1) is 0 Å². The van der Waals surface area contributed by atoms with Crippen LogP contribution < -0.4 is 5.32 Å². The van der Waals surface area contributed by atoms with E-state index < -0.39 is 15.8 Å². The molecule has 122 valence electrons. The van der Waals surface area contributed by atoms with E-state index >= 15 is 0 Å². The van der Waals surface area contributed by atoms with Crippen LogP contribution in [-0.2, 0) is 4.79 Å². The predicted octanol–water partition coefficient (Wildman–Crippen LogP) is 3.46. The van der Waals surface area contributed by atoms with Crippen molar-refractivity contribution in [3.63, 3.8) is 0 Å². The second-order valence-corrected chi connectivity index (χ2v) is 4.95. The molecule has 0 saturated carbocycles. The number of rotatable bonds is 5. The number of non-ortho nitro benzene ring substituents is 1. The Kier molecular flexibility index (Phi) is 5.00. The lowest BCUT2D eigenvalue weighted by molar-refractivity contribution is -0.384. The molecule has 0 aliphatic carbocycles. The Labute approximate surface area is 136 Å². The lowest BCUT2D eigenvalue weighted by Crippen LogP contribution is -2.09. The third-order valence-electron chi connectivity index (χ3n) is 3.12. The van der Waals surface area contributed by atoms with Gasteiger partial charge < -0.3 is 5.32 Å². The largest absolute Gasteiger partial charge is 0.317 e. The van der Waals surface area contributed by atoms with E-state index in [1.54, 1.807) is 19.1 Å². The molecule has 0 saturated heterocycles. The monoisotopic (exact) mass is 327 g/mol. The summed E-state index contributed by atoms with van der Waals surface area (Å²) in [5, 5.41) is 24.1. The van der Waals surface area contributed by atoms with Crippen molar-refractivity contribution in [1.29, 1.82) is 0 Å². The molecule has 0 bridgehead atoms. The highest BCUT2D eigenvalue weighted by Gasteiger charge is 2.15. The smallest absolute Gasteiger partial charge is 0.293 e. The first kappa shape index (κ1) is 16.8. The molecular formula is C16H13N3O5. The third-order valence-corrected chi connectivity index (χ3v) is 3.12. The number of anilines is 1. The molecular weight excluding hydrogens is 314 g/mol. The van der Waals surface area contributed by atoms with Gasteiger partial charge in [-0.25, -0.2) is 0 Å². The standard InChI is InChI=1S/C16H13N3O5/c1-11-5-7-14(15(9-11)19(23)24)17-16(20)8-6-12-3-2-4-13(10-12)18(21)22/h2-10H,1H3,(H,17,20)/b8-6+. The summed E-state index contributed by atoms with van der Waals surface area (Å²) in [4.78, 5) is 32.5. The highest BCUT2D eigenvalue weighted by molar-refractivity contribution is 6.03. The molecule has 1 N–H and O–H groups in total. The summed E-state index contributed by atoms with van der Waals surface area (Å²) in [6, 6.07) is 10.2. The minimum Gasteiger partial charge on any atom is -0.317 e. The molecule has 0 unspecified atom stereocenters. The van der Waals surface area contributed by atoms with Crippen LogP contribution in [0.4, 0.5) is 17.1 Å². The maximum Gasteiger partial charge on any atom is 0.293 e. The van der Waals surface area contributed by atoms with Gasteiger partial charge >= 0.3 is 0 Å². The SMILES string of the molecule is Cc1ccc(NC(=O)/C=C/c2cccc([N+](=O)[O-])c2)c([N+](=O)[O-])c1. The molecule has 0 aliphatic rings. The average Bonchev–Trinajstić information content (AvgIpc) is 2.54. The summed E-state index contributed by atoms with van der Waals surface area (Å²) in [6.45, 7) is 1.71. The maximum absolute atomic E-state index is 11.9. The van der Waals surface area contributed by atoms with Gasteiger partial charge in [0.15, 0.2) is 0 Å². The van der Waals surface area contributed by atoms with Crippen LogP contribution in [0.25, 0.3) is 6.08 Å². The number of nitro benzene ring substituents is 2. The number of nitrogens with zero attached hydrogens (tertiary/aromatic N) is 2. The summed E-state index contributed by atoms with van der Waals surface area (Å²) in [6.07, 6.45) is 2.55. The van der Waals surface area contributed by atoms with Gasteiger partial charge in [0.25, 0.3) is 11.4 Å². The second-order valence-electron chi connectivity index (χ2n) is 4.95. The van der Waals surface area contributed by atoms with Gasteiger partial charge in [0.2, 0.25) is 5.91 Å².